The molecule has 4 unspecified atom stereocenters. The summed E-state index contributed by atoms with van der Waals surface area (Å²) in [6, 6.07) is 32.9. The number of fused-ring (bicyclic) bond motifs is 3. The quantitative estimate of drug-likeness (QED) is 0.0774. The molecule has 9 heterocycles. The maximum Gasteiger partial charge on any atom is 0.255 e. The van der Waals surface area contributed by atoms with Gasteiger partial charge in [0.25, 0.3) is 17.7 Å². The Kier molecular flexibility index (Phi) is 18.0. The SMILES string of the molecule is [2H]C1([2H])CC(=C)NC(=O)C1([2H])N1Cc2c(OCc3ccc(CN4CCOCC4=O)cc3)cccc2C1=O.[2H]C1C(=C)NC(=O)C(N2Cc3c(OCc4ccc(CN5CCOCC5=O)cc4)cccc3C2=O)C1([2H])[2H].[2H]N1C(=C)CC([2H])([2H])C(N2Cc3c(OCc4ccc(CN5CCOCC5=O)cc4)cccc3C2=O)C1=O. The highest BCUT2D eigenvalue weighted by molar-refractivity contribution is 6.04. The maximum atomic E-state index is 13.2. The molecule has 9 aliphatic rings. The third-order valence-corrected chi connectivity index (χ3v) is 18.3. The van der Waals surface area contributed by atoms with Crippen molar-refractivity contribution in [2.24, 2.45) is 0 Å². The molecular formula is C78H81N9O15. The molecule has 15 rings (SSSR count). The summed E-state index contributed by atoms with van der Waals surface area (Å²) in [6.07, 6.45) is -8.54. The van der Waals surface area contributed by atoms with Crippen LogP contribution >= 0.6 is 0 Å². The van der Waals surface area contributed by atoms with Gasteiger partial charge in [-0.15, -0.1) is 0 Å². The molecule has 0 bridgehead atoms. The topological polar surface area (TPSA) is 265 Å². The Balaban J connectivity index is 0.000000146. The predicted octanol–water partition coefficient (Wildman–Crippen LogP) is 7.12. The fraction of sp³-hybridized carbons (Fsp3) is 0.346. The molecule has 102 heavy (non-hydrogen) atoms. The highest BCUT2D eigenvalue weighted by Crippen LogP contribution is 2.38. The molecule has 9 aliphatic heterocycles. The lowest BCUT2D eigenvalue weighted by molar-refractivity contribution is -0.144. The first-order valence-electron chi connectivity index (χ1n) is 37.8. The molecule has 24 heteroatoms. The summed E-state index contributed by atoms with van der Waals surface area (Å²) in [5.74, 6) is -2.67. The van der Waals surface area contributed by atoms with Crippen LogP contribution in [0.5, 0.6) is 17.2 Å². The minimum absolute atomic E-state index is 0.00630. The number of carbonyl (C=O) groups excluding carboxylic acids is 9. The lowest BCUT2D eigenvalue weighted by Gasteiger charge is -2.31. The van der Waals surface area contributed by atoms with Gasteiger partial charge in [-0.3, -0.25) is 43.2 Å². The Morgan fingerprint density at radius 3 is 1.20 bits per heavy atom. The maximum absolute atomic E-state index is 13.2. The third kappa shape index (κ3) is 15.9. The number of carbonyl (C=O) groups is 9. The van der Waals surface area contributed by atoms with E-state index in [0.29, 0.717) is 109 Å². The number of rotatable bonds is 18. The smallest absolute Gasteiger partial charge is 0.255 e. The van der Waals surface area contributed by atoms with Gasteiger partial charge < -0.3 is 73.8 Å². The summed E-state index contributed by atoms with van der Waals surface area (Å²) in [4.78, 5) is 122. The van der Waals surface area contributed by atoms with Crippen molar-refractivity contribution in [1.29, 1.82) is 0 Å². The van der Waals surface area contributed by atoms with E-state index in [1.165, 1.54) is 9.80 Å². The van der Waals surface area contributed by atoms with Crippen molar-refractivity contribution < 1.29 is 83.9 Å². The van der Waals surface area contributed by atoms with E-state index >= 15 is 0 Å². The first-order valence-corrected chi connectivity index (χ1v) is 33.3. The first kappa shape index (κ1) is 58.8. The Morgan fingerprint density at radius 1 is 0.431 bits per heavy atom. The van der Waals surface area contributed by atoms with Gasteiger partial charge in [0.1, 0.15) is 75.0 Å². The number of ether oxygens (including phenoxy) is 6. The van der Waals surface area contributed by atoms with Gasteiger partial charge in [-0.05, 0) is 108 Å². The van der Waals surface area contributed by atoms with Gasteiger partial charge >= 0.3 is 0 Å². The van der Waals surface area contributed by atoms with Crippen molar-refractivity contribution in [3.05, 3.63) is 231 Å². The van der Waals surface area contributed by atoms with E-state index in [1.54, 1.807) is 69.3 Å². The van der Waals surface area contributed by atoms with Crippen molar-refractivity contribution in [3.63, 3.8) is 0 Å². The lowest BCUT2D eigenvalue weighted by atomic mass is 10.0. The molecule has 0 radical (unpaired) electrons. The molecule has 6 fully saturated rings. The fourth-order valence-electron chi connectivity index (χ4n) is 12.8. The van der Waals surface area contributed by atoms with Gasteiger partial charge in [0.2, 0.25) is 35.4 Å². The molecular weight excluding hydrogens is 1300 g/mol. The van der Waals surface area contributed by atoms with Crippen LogP contribution in [-0.2, 0) is 102 Å². The van der Waals surface area contributed by atoms with Crippen LogP contribution in [0.4, 0.5) is 0 Å². The van der Waals surface area contributed by atoms with Crippen LogP contribution in [-0.4, -0.2) is 160 Å². The lowest BCUT2D eigenvalue weighted by Crippen LogP contribution is -2.49. The zero-order valence-electron chi connectivity index (χ0n) is 64.9. The van der Waals surface area contributed by atoms with Crippen molar-refractivity contribution in [3.8, 4) is 17.2 Å². The highest BCUT2D eigenvalue weighted by Gasteiger charge is 2.43. The number of piperidine rings is 3. The van der Waals surface area contributed by atoms with Crippen LogP contribution < -0.4 is 30.2 Å². The number of nitrogens with one attached hydrogen (secondary N) is 3. The van der Waals surface area contributed by atoms with E-state index in [9.17, 15) is 43.2 Å². The summed E-state index contributed by atoms with van der Waals surface area (Å²) in [5.41, 5.74) is 8.52. The van der Waals surface area contributed by atoms with Crippen molar-refractivity contribution in [1.82, 2.24) is 45.3 Å². The predicted molar refractivity (Wildman–Crippen MR) is 371 cm³/mol. The number of amides is 9. The fourth-order valence-corrected chi connectivity index (χ4v) is 12.8. The van der Waals surface area contributed by atoms with E-state index in [2.05, 4.69) is 30.4 Å². The Hall–Kier alpha value is -11.0. The second-order valence-electron chi connectivity index (χ2n) is 25.3. The molecule has 6 saturated heterocycles. The molecule has 528 valence electrons. The number of morpholine rings is 3. The van der Waals surface area contributed by atoms with E-state index in [-0.39, 0.29) is 112 Å². The second-order valence-corrected chi connectivity index (χ2v) is 25.3. The van der Waals surface area contributed by atoms with Gasteiger partial charge in [-0.25, -0.2) is 0 Å². The molecule has 0 aromatic heterocycles. The van der Waals surface area contributed by atoms with Crippen molar-refractivity contribution in [2.45, 2.75) is 116 Å². The van der Waals surface area contributed by atoms with E-state index in [4.69, 9.17) is 40.8 Å². The minimum atomic E-state index is -2.45. The minimum Gasteiger partial charge on any atom is -0.489 e. The van der Waals surface area contributed by atoms with Gasteiger partial charge in [0.15, 0.2) is 1.41 Å². The summed E-state index contributed by atoms with van der Waals surface area (Å²) >= 11 is 0. The molecule has 9 amide bonds. The number of benzene rings is 6. The zero-order chi connectivity index (χ0) is 79.0. The van der Waals surface area contributed by atoms with Gasteiger partial charge in [-0.1, -0.05) is 111 Å². The van der Waals surface area contributed by atoms with Crippen LogP contribution in [0.15, 0.2) is 164 Å². The third-order valence-electron chi connectivity index (χ3n) is 18.3. The van der Waals surface area contributed by atoms with Gasteiger partial charge in [0.05, 0.1) is 40.8 Å². The number of hydrogen-bond acceptors (Lipinski definition) is 15. The van der Waals surface area contributed by atoms with Crippen LogP contribution in [0.1, 0.15) is 130 Å². The largest absolute Gasteiger partial charge is 0.489 e. The average molecular weight is 1390 g/mol. The standard InChI is InChI=1S/3C26H27N3O5/c3*1-17-5-10-22(25(31)27-17)29-14-21-20(26(29)32)3-2-4-23(21)34-15-19-8-6-18(7-9-19)13-28-11-12-33-16-24(28)30/h3*2-4,6-9,22H,1,5,10-16H2,(H,27,31)/i10D2,22D;5D,10D2;10D2/hD. The monoisotopic (exact) mass is 1390 g/mol. The summed E-state index contributed by atoms with van der Waals surface area (Å²) in [7, 11) is 0. The second kappa shape index (κ2) is 31.3. The summed E-state index contributed by atoms with van der Waals surface area (Å²) < 4.78 is 109. The van der Waals surface area contributed by atoms with Crippen LogP contribution in [0.2, 0.25) is 1.41 Å². The van der Waals surface area contributed by atoms with E-state index < -0.39 is 79.1 Å². The van der Waals surface area contributed by atoms with Crippen LogP contribution in [0.25, 0.3) is 0 Å². The van der Waals surface area contributed by atoms with E-state index in [0.717, 1.165) is 38.3 Å². The number of allylic oxidation sites excluding steroid dienone is 3. The Labute approximate surface area is 603 Å². The highest BCUT2D eigenvalue weighted by atomic mass is 16.5. The first-order chi connectivity index (χ1) is 52.9. The molecule has 6 aromatic carbocycles. The number of nitrogens with zero attached hydrogens (tertiary/aromatic N) is 6. The Bertz CT molecular complexity index is 4600. The molecule has 0 spiro atoms. The summed E-state index contributed by atoms with van der Waals surface area (Å²) in [6.45, 7) is 16.5. The average Bonchev–Trinajstić information content (AvgIpc) is 1.65. The molecule has 3 N–H and O–H groups in total. The molecule has 4 atom stereocenters. The van der Waals surface area contributed by atoms with E-state index in [1.807, 2.05) is 72.8 Å². The van der Waals surface area contributed by atoms with Gasteiger partial charge in [-0.2, -0.15) is 0 Å². The molecule has 0 saturated carbocycles. The van der Waals surface area contributed by atoms with Gasteiger partial charge in [0, 0.05) is 99.3 Å². The molecule has 6 aromatic rings. The van der Waals surface area contributed by atoms with Crippen LogP contribution in [0, 0.1) is 0 Å². The summed E-state index contributed by atoms with van der Waals surface area (Å²) in [5, 5.41) is 5.45. The number of hydrogen-bond donors (Lipinski definition) is 3. The normalized spacial score (nSPS) is 24.7. The van der Waals surface area contributed by atoms with Crippen LogP contribution in [0.3, 0.4) is 0 Å². The molecule has 24 nitrogen and oxygen atoms in total. The van der Waals surface area contributed by atoms with Crippen molar-refractivity contribution >= 4 is 53.2 Å². The Morgan fingerprint density at radius 2 is 0.794 bits per heavy atom. The molecule has 0 aliphatic carbocycles. The van der Waals surface area contributed by atoms with Crippen molar-refractivity contribution in [2.75, 3.05) is 59.3 Å². The zero-order valence-corrected chi connectivity index (χ0v) is 55.9.